The number of amides is 1. The number of hydrogen-bond acceptors (Lipinski definition) is 5. The van der Waals surface area contributed by atoms with Crippen LogP contribution < -0.4 is 4.90 Å². The molecule has 0 saturated carbocycles. The predicted octanol–water partition coefficient (Wildman–Crippen LogP) is 2.74. The number of anilines is 1. The number of nitrogens with zero attached hydrogens (tertiary/aromatic N) is 1. The molecule has 1 unspecified atom stereocenters. The molecule has 0 radical (unpaired) electrons. The molecule has 0 fully saturated rings. The average molecular weight is 380 g/mol. The van der Waals surface area contributed by atoms with Crippen LogP contribution in [0.3, 0.4) is 0 Å². The van der Waals surface area contributed by atoms with Gasteiger partial charge in [-0.1, -0.05) is 24.8 Å². The molecule has 0 spiro atoms. The lowest BCUT2D eigenvalue weighted by Gasteiger charge is -2.27. The van der Waals surface area contributed by atoms with E-state index in [4.69, 9.17) is 9.16 Å². The number of aliphatic hydroxyl groups is 1. The van der Waals surface area contributed by atoms with E-state index in [0.29, 0.717) is 12.2 Å². The zero-order chi connectivity index (χ0) is 19.7. The van der Waals surface area contributed by atoms with E-state index in [-0.39, 0.29) is 5.57 Å². The van der Waals surface area contributed by atoms with E-state index in [1.807, 2.05) is 30.3 Å². The Morgan fingerprint density at radius 2 is 1.88 bits per heavy atom. The van der Waals surface area contributed by atoms with Gasteiger partial charge in [0.1, 0.15) is 6.61 Å². The largest absolute Gasteiger partial charge is 0.459 e. The van der Waals surface area contributed by atoms with Crippen LogP contribution in [0, 0.1) is 0 Å². The van der Waals surface area contributed by atoms with Crippen molar-refractivity contribution in [3.05, 3.63) is 42.5 Å². The normalized spacial score (nSPS) is 12.3. The molecule has 0 aliphatic heterocycles. The van der Waals surface area contributed by atoms with Crippen LogP contribution in [-0.4, -0.2) is 51.7 Å². The molecule has 1 atom stereocenters. The third kappa shape index (κ3) is 7.11. The van der Waals surface area contributed by atoms with Crippen LogP contribution >= 0.6 is 0 Å². The summed E-state index contributed by atoms with van der Waals surface area (Å²) in [5, 5.41) is 10.2. The van der Waals surface area contributed by atoms with E-state index in [1.54, 1.807) is 7.11 Å². The number of aliphatic hydroxyl groups excluding tert-OH is 1. The molecule has 0 saturated heterocycles. The highest BCUT2D eigenvalue weighted by atomic mass is 28.4. The van der Waals surface area contributed by atoms with Gasteiger partial charge >= 0.3 is 5.97 Å². The summed E-state index contributed by atoms with van der Waals surface area (Å²) >= 11 is 0. The van der Waals surface area contributed by atoms with Crippen molar-refractivity contribution in [2.24, 2.45) is 0 Å². The van der Waals surface area contributed by atoms with Gasteiger partial charge in [0.05, 0.1) is 0 Å². The first-order valence-electron chi connectivity index (χ1n) is 8.60. The number of esters is 1. The minimum atomic E-state index is -1.73. The summed E-state index contributed by atoms with van der Waals surface area (Å²) in [6, 6.07) is 10.0. The van der Waals surface area contributed by atoms with Crippen LogP contribution in [0.5, 0.6) is 0 Å². The van der Waals surface area contributed by atoms with Gasteiger partial charge in [-0.05, 0) is 44.6 Å². The molecule has 0 aliphatic rings. The van der Waals surface area contributed by atoms with E-state index < -0.39 is 32.9 Å². The fourth-order valence-corrected chi connectivity index (χ4v) is 3.48. The summed E-state index contributed by atoms with van der Waals surface area (Å²) in [5.41, 5.74) is 0.913. The smallest absolute Gasteiger partial charge is 0.333 e. The Morgan fingerprint density at radius 3 is 2.42 bits per heavy atom. The summed E-state index contributed by atoms with van der Waals surface area (Å²) in [6.07, 6.45) is -0.669. The number of para-hydroxylation sites is 1. The number of ether oxygens (including phenoxy) is 1. The van der Waals surface area contributed by atoms with Crippen molar-refractivity contribution in [2.75, 3.05) is 25.2 Å². The first-order chi connectivity index (χ1) is 12.2. The van der Waals surface area contributed by atoms with Gasteiger partial charge in [0.25, 0.3) is 5.91 Å². The number of rotatable bonds is 10. The highest BCUT2D eigenvalue weighted by Crippen LogP contribution is 2.19. The molecule has 6 nitrogen and oxygen atoms in total. The Labute approximate surface area is 156 Å². The number of carbonyl (C=O) groups is 2. The summed E-state index contributed by atoms with van der Waals surface area (Å²) < 4.78 is 10.4. The minimum absolute atomic E-state index is 0.219. The molecular weight excluding hydrogens is 350 g/mol. The van der Waals surface area contributed by atoms with Crippen molar-refractivity contribution in [2.45, 2.75) is 38.6 Å². The van der Waals surface area contributed by atoms with E-state index in [9.17, 15) is 14.7 Å². The number of hydrogen-bond donors (Lipinski definition) is 1. The van der Waals surface area contributed by atoms with Gasteiger partial charge in [0.15, 0.2) is 14.4 Å². The standard InChI is InChI=1S/C19H29NO5Si/c1-15(2)19(23)25-14-17(21)18(22)20(16-10-7-6-8-11-16)12-9-13-26(4,5)24-3/h6-8,10-11,17,21H,1,9,12-14H2,2-5H3. The summed E-state index contributed by atoms with van der Waals surface area (Å²) in [6.45, 7) is 9.27. The minimum Gasteiger partial charge on any atom is -0.459 e. The Bertz CT molecular complexity index is 618. The fraction of sp³-hybridized carbons (Fsp3) is 0.474. The van der Waals surface area contributed by atoms with Gasteiger partial charge < -0.3 is 19.2 Å². The zero-order valence-corrected chi connectivity index (χ0v) is 17.0. The van der Waals surface area contributed by atoms with Crippen molar-refractivity contribution in [1.29, 1.82) is 0 Å². The molecular formula is C19H29NO5Si. The third-order valence-corrected chi connectivity index (χ3v) is 6.72. The lowest BCUT2D eigenvalue weighted by Crippen LogP contribution is -2.43. The molecule has 0 heterocycles. The summed E-state index contributed by atoms with van der Waals surface area (Å²) in [4.78, 5) is 25.7. The number of benzene rings is 1. The van der Waals surface area contributed by atoms with Crippen molar-refractivity contribution in [3.8, 4) is 0 Å². The topological polar surface area (TPSA) is 76.1 Å². The maximum absolute atomic E-state index is 12.7. The molecule has 0 aliphatic carbocycles. The molecule has 144 valence electrons. The Hall–Kier alpha value is -1.96. The highest BCUT2D eigenvalue weighted by molar-refractivity contribution is 6.71. The number of carbonyl (C=O) groups excluding carboxylic acids is 2. The van der Waals surface area contributed by atoms with Crippen molar-refractivity contribution in [3.63, 3.8) is 0 Å². The average Bonchev–Trinajstić information content (AvgIpc) is 2.63. The second kappa shape index (κ2) is 10.3. The van der Waals surface area contributed by atoms with Gasteiger partial charge in [0.2, 0.25) is 0 Å². The van der Waals surface area contributed by atoms with Crippen LogP contribution in [0.2, 0.25) is 19.1 Å². The maximum atomic E-state index is 12.7. The van der Waals surface area contributed by atoms with Crippen LogP contribution in [-0.2, 0) is 18.8 Å². The molecule has 7 heteroatoms. The van der Waals surface area contributed by atoms with E-state index in [0.717, 1.165) is 12.5 Å². The third-order valence-electron chi connectivity index (χ3n) is 4.05. The molecule has 1 N–H and O–H groups in total. The fourth-order valence-electron chi connectivity index (χ4n) is 2.27. The maximum Gasteiger partial charge on any atom is 0.333 e. The van der Waals surface area contributed by atoms with Crippen molar-refractivity contribution < 1.29 is 23.9 Å². The van der Waals surface area contributed by atoms with E-state index >= 15 is 0 Å². The summed E-state index contributed by atoms with van der Waals surface area (Å²) in [7, 11) is -0.0149. The van der Waals surface area contributed by atoms with Crippen LogP contribution in [0.1, 0.15) is 13.3 Å². The van der Waals surface area contributed by atoms with Crippen LogP contribution in [0.15, 0.2) is 42.5 Å². The lowest BCUT2D eigenvalue weighted by molar-refractivity contribution is -0.144. The second-order valence-electron chi connectivity index (χ2n) is 6.79. The first-order valence-corrected chi connectivity index (χ1v) is 11.7. The van der Waals surface area contributed by atoms with Crippen molar-refractivity contribution >= 4 is 25.9 Å². The Balaban J connectivity index is 2.79. The monoisotopic (exact) mass is 379 g/mol. The van der Waals surface area contributed by atoms with E-state index in [2.05, 4.69) is 19.7 Å². The van der Waals surface area contributed by atoms with Gasteiger partial charge in [-0.2, -0.15) is 0 Å². The highest BCUT2D eigenvalue weighted by Gasteiger charge is 2.26. The zero-order valence-electron chi connectivity index (χ0n) is 16.0. The van der Waals surface area contributed by atoms with Crippen molar-refractivity contribution in [1.82, 2.24) is 0 Å². The molecule has 0 aromatic heterocycles. The molecule has 26 heavy (non-hydrogen) atoms. The van der Waals surface area contributed by atoms with Gasteiger partial charge in [0, 0.05) is 24.9 Å². The second-order valence-corrected chi connectivity index (χ2v) is 11.2. The quantitative estimate of drug-likeness (QED) is 0.384. The van der Waals surface area contributed by atoms with Gasteiger partial charge in [-0.3, -0.25) is 4.79 Å². The Morgan fingerprint density at radius 1 is 1.27 bits per heavy atom. The Kier molecular flexibility index (Phi) is 8.70. The molecule has 0 bridgehead atoms. The first kappa shape index (κ1) is 22.1. The van der Waals surface area contributed by atoms with E-state index in [1.165, 1.54) is 11.8 Å². The molecule has 1 amide bonds. The molecule has 1 aromatic carbocycles. The predicted molar refractivity (Wildman–Crippen MR) is 104 cm³/mol. The SMILES string of the molecule is C=C(C)C(=O)OCC(O)C(=O)N(CCC[Si](C)(C)OC)c1ccccc1. The van der Waals surface area contributed by atoms with Gasteiger partial charge in [-0.25, -0.2) is 4.79 Å². The summed E-state index contributed by atoms with van der Waals surface area (Å²) in [5.74, 6) is -1.13. The molecule has 1 rings (SSSR count). The van der Waals surface area contributed by atoms with Gasteiger partial charge in [-0.15, -0.1) is 0 Å². The lowest BCUT2D eigenvalue weighted by atomic mass is 10.2. The van der Waals surface area contributed by atoms with Crippen LogP contribution in [0.25, 0.3) is 0 Å². The van der Waals surface area contributed by atoms with Crippen LogP contribution in [0.4, 0.5) is 5.69 Å². The molecule has 1 aromatic rings.